The number of carbonyl (C=O) groups excluding carboxylic acids is 1. The molecule has 0 saturated heterocycles. The van der Waals surface area contributed by atoms with Crippen molar-refractivity contribution in [2.24, 2.45) is 0 Å². The van der Waals surface area contributed by atoms with Crippen LogP contribution < -0.4 is 4.74 Å². The van der Waals surface area contributed by atoms with Crippen LogP contribution in [-0.2, 0) is 9.84 Å². The molecule has 0 atom stereocenters. The maximum atomic E-state index is 11.9. The first-order valence-electron chi connectivity index (χ1n) is 6.36. The smallest absolute Gasteiger partial charge is 0.177 e. The average molecular weight is 284 g/mol. The van der Waals surface area contributed by atoms with Crippen LogP contribution in [0, 0.1) is 0 Å². The molecule has 0 aliphatic heterocycles. The Morgan fingerprint density at radius 3 is 2.32 bits per heavy atom. The maximum Gasteiger partial charge on any atom is 0.177 e. The number of Topliss-reactive ketones (excluding diaryl/α,β-unsaturated/α-hetero) is 1. The van der Waals surface area contributed by atoms with E-state index in [1.54, 1.807) is 24.3 Å². The van der Waals surface area contributed by atoms with E-state index in [9.17, 15) is 13.2 Å². The highest BCUT2D eigenvalue weighted by atomic mass is 32.2. The van der Waals surface area contributed by atoms with E-state index in [1.807, 2.05) is 6.92 Å². The van der Waals surface area contributed by atoms with Crippen molar-refractivity contribution in [3.05, 3.63) is 29.8 Å². The fourth-order valence-corrected chi connectivity index (χ4v) is 3.06. The second-order valence-corrected chi connectivity index (χ2v) is 6.63. The Morgan fingerprint density at radius 1 is 1.16 bits per heavy atom. The minimum absolute atomic E-state index is 0.0860. The zero-order chi connectivity index (χ0) is 14.3. The predicted octanol–water partition coefficient (Wildman–Crippen LogP) is 2.48. The van der Waals surface area contributed by atoms with Gasteiger partial charge in [-0.25, -0.2) is 8.42 Å². The van der Waals surface area contributed by atoms with Crippen LogP contribution in [0.4, 0.5) is 0 Å². The largest absolute Gasteiger partial charge is 0.497 e. The number of carbonyl (C=O) groups is 1. The molecule has 19 heavy (non-hydrogen) atoms. The molecule has 1 rings (SSSR count). The lowest BCUT2D eigenvalue weighted by Gasteiger charge is -2.04. The van der Waals surface area contributed by atoms with Gasteiger partial charge in [0.25, 0.3) is 0 Å². The van der Waals surface area contributed by atoms with E-state index in [4.69, 9.17) is 4.74 Å². The molecule has 1 aromatic carbocycles. The van der Waals surface area contributed by atoms with Crippen LogP contribution in [0.15, 0.2) is 24.3 Å². The van der Waals surface area contributed by atoms with Crippen molar-refractivity contribution >= 4 is 15.6 Å². The van der Waals surface area contributed by atoms with Crippen LogP contribution in [0.3, 0.4) is 0 Å². The molecule has 0 heterocycles. The number of unbranched alkanes of at least 4 members (excludes halogenated alkanes) is 2. The van der Waals surface area contributed by atoms with Crippen molar-refractivity contribution in [1.29, 1.82) is 0 Å². The van der Waals surface area contributed by atoms with Gasteiger partial charge in [0.05, 0.1) is 12.9 Å². The Morgan fingerprint density at radius 2 is 1.79 bits per heavy atom. The third kappa shape index (κ3) is 5.42. The number of benzene rings is 1. The van der Waals surface area contributed by atoms with E-state index in [2.05, 4.69) is 0 Å². The molecule has 0 fully saturated rings. The molecule has 5 heteroatoms. The molecular formula is C14H20O4S. The van der Waals surface area contributed by atoms with Gasteiger partial charge in [0.15, 0.2) is 15.6 Å². The van der Waals surface area contributed by atoms with Gasteiger partial charge in [-0.05, 0) is 30.7 Å². The molecule has 0 unspecified atom stereocenters. The summed E-state index contributed by atoms with van der Waals surface area (Å²) in [6, 6.07) is 6.47. The Hall–Kier alpha value is -1.36. The van der Waals surface area contributed by atoms with E-state index >= 15 is 0 Å². The number of sulfone groups is 1. The molecule has 0 aromatic heterocycles. The highest BCUT2D eigenvalue weighted by molar-refractivity contribution is 7.92. The van der Waals surface area contributed by atoms with Gasteiger partial charge in [-0.15, -0.1) is 0 Å². The van der Waals surface area contributed by atoms with Crippen LogP contribution in [-0.4, -0.2) is 32.8 Å². The standard InChI is InChI=1S/C14H20O4S/c1-3-4-5-10-19(16,17)11-14(15)12-6-8-13(18-2)9-7-12/h6-9H,3-5,10-11H2,1-2H3. The summed E-state index contributed by atoms with van der Waals surface area (Å²) < 4.78 is 28.5. The van der Waals surface area contributed by atoms with Crippen molar-refractivity contribution in [2.45, 2.75) is 26.2 Å². The first-order chi connectivity index (χ1) is 8.98. The molecule has 106 valence electrons. The number of methoxy groups -OCH3 is 1. The minimum Gasteiger partial charge on any atom is -0.497 e. The van der Waals surface area contributed by atoms with Gasteiger partial charge >= 0.3 is 0 Å². The fourth-order valence-electron chi connectivity index (χ4n) is 1.70. The molecule has 0 spiro atoms. The number of hydrogen-bond donors (Lipinski definition) is 0. The van der Waals surface area contributed by atoms with Crippen molar-refractivity contribution in [3.63, 3.8) is 0 Å². The predicted molar refractivity (Wildman–Crippen MR) is 75.5 cm³/mol. The van der Waals surface area contributed by atoms with E-state index < -0.39 is 15.6 Å². The molecule has 1 aromatic rings. The molecule has 0 radical (unpaired) electrons. The summed E-state index contributed by atoms with van der Waals surface area (Å²) in [6.45, 7) is 2.01. The molecule has 0 bridgehead atoms. The SMILES string of the molecule is CCCCCS(=O)(=O)CC(=O)c1ccc(OC)cc1. The monoisotopic (exact) mass is 284 g/mol. The van der Waals surface area contributed by atoms with Crippen LogP contribution in [0.1, 0.15) is 36.5 Å². The van der Waals surface area contributed by atoms with Gasteiger partial charge < -0.3 is 4.74 Å². The third-order valence-electron chi connectivity index (χ3n) is 2.82. The van der Waals surface area contributed by atoms with E-state index in [-0.39, 0.29) is 11.5 Å². The van der Waals surface area contributed by atoms with Crippen molar-refractivity contribution in [2.75, 3.05) is 18.6 Å². The normalized spacial score (nSPS) is 11.3. The van der Waals surface area contributed by atoms with Gasteiger partial charge in [-0.1, -0.05) is 19.8 Å². The van der Waals surface area contributed by atoms with Crippen LogP contribution in [0.25, 0.3) is 0 Å². The zero-order valence-corrected chi connectivity index (χ0v) is 12.2. The summed E-state index contributed by atoms with van der Waals surface area (Å²) in [5, 5.41) is 0. The second kappa shape index (κ2) is 7.28. The fraction of sp³-hybridized carbons (Fsp3) is 0.500. The molecule has 0 N–H and O–H groups in total. The molecular weight excluding hydrogens is 264 g/mol. The number of hydrogen-bond acceptors (Lipinski definition) is 4. The van der Waals surface area contributed by atoms with Gasteiger partial charge in [0, 0.05) is 5.56 Å². The maximum absolute atomic E-state index is 11.9. The van der Waals surface area contributed by atoms with Gasteiger partial charge in [0.1, 0.15) is 11.5 Å². The highest BCUT2D eigenvalue weighted by Gasteiger charge is 2.17. The first-order valence-corrected chi connectivity index (χ1v) is 8.18. The van der Waals surface area contributed by atoms with E-state index in [0.29, 0.717) is 17.7 Å². The summed E-state index contributed by atoms with van der Waals surface area (Å²) >= 11 is 0. The van der Waals surface area contributed by atoms with E-state index in [0.717, 1.165) is 12.8 Å². The van der Waals surface area contributed by atoms with E-state index in [1.165, 1.54) is 7.11 Å². The van der Waals surface area contributed by atoms with Gasteiger partial charge in [-0.3, -0.25) is 4.79 Å². The lowest BCUT2D eigenvalue weighted by Crippen LogP contribution is -2.19. The number of rotatable bonds is 8. The van der Waals surface area contributed by atoms with Crippen LogP contribution in [0.2, 0.25) is 0 Å². The second-order valence-electron chi connectivity index (χ2n) is 4.45. The van der Waals surface area contributed by atoms with Crippen molar-refractivity contribution in [1.82, 2.24) is 0 Å². The summed E-state index contributed by atoms with van der Waals surface area (Å²) in [7, 11) is -1.76. The molecule has 0 saturated carbocycles. The Kier molecular flexibility index (Phi) is 6.02. The molecule has 4 nitrogen and oxygen atoms in total. The van der Waals surface area contributed by atoms with Crippen molar-refractivity contribution < 1.29 is 17.9 Å². The minimum atomic E-state index is -3.30. The van der Waals surface area contributed by atoms with Crippen molar-refractivity contribution in [3.8, 4) is 5.75 Å². The Labute approximate surface area is 114 Å². The van der Waals surface area contributed by atoms with Gasteiger partial charge in [0.2, 0.25) is 0 Å². The lowest BCUT2D eigenvalue weighted by molar-refractivity contribution is 0.102. The summed E-state index contributed by atoms with van der Waals surface area (Å²) in [4.78, 5) is 11.9. The number of ether oxygens (including phenoxy) is 1. The summed E-state index contributed by atoms with van der Waals surface area (Å²) in [6.07, 6.45) is 2.45. The van der Waals surface area contributed by atoms with Crippen LogP contribution in [0.5, 0.6) is 5.75 Å². The highest BCUT2D eigenvalue weighted by Crippen LogP contribution is 2.12. The lowest BCUT2D eigenvalue weighted by atomic mass is 10.1. The van der Waals surface area contributed by atoms with Crippen LogP contribution >= 0.6 is 0 Å². The van der Waals surface area contributed by atoms with Gasteiger partial charge in [-0.2, -0.15) is 0 Å². The zero-order valence-electron chi connectivity index (χ0n) is 11.4. The molecule has 0 aliphatic carbocycles. The third-order valence-corrected chi connectivity index (χ3v) is 4.43. The average Bonchev–Trinajstić information content (AvgIpc) is 2.38. The molecule has 0 aliphatic rings. The molecule has 0 amide bonds. The topological polar surface area (TPSA) is 60.4 Å². The first kappa shape index (κ1) is 15.7. The quantitative estimate of drug-likeness (QED) is 0.543. The summed E-state index contributed by atoms with van der Waals surface area (Å²) in [5.41, 5.74) is 0.403. The Balaban J connectivity index is 2.62. The summed E-state index contributed by atoms with van der Waals surface area (Å²) in [5.74, 6) is -0.0484. The number of ketones is 1. The Bertz CT molecular complexity index is 503.